The maximum absolute atomic E-state index is 13.4. The van der Waals surface area contributed by atoms with Gasteiger partial charge in [-0.25, -0.2) is 4.79 Å². The summed E-state index contributed by atoms with van der Waals surface area (Å²) in [7, 11) is 0. The van der Waals surface area contributed by atoms with E-state index in [-0.39, 0.29) is 12.4 Å². The average Bonchev–Trinajstić information content (AvgIpc) is 2.81. The van der Waals surface area contributed by atoms with Gasteiger partial charge in [-0.3, -0.25) is 20.2 Å². The van der Waals surface area contributed by atoms with Gasteiger partial charge < -0.3 is 14.6 Å². The quantitative estimate of drug-likeness (QED) is 0.470. The van der Waals surface area contributed by atoms with Crippen LogP contribution in [0.25, 0.3) is 0 Å². The molecule has 0 aliphatic carbocycles. The van der Waals surface area contributed by atoms with Gasteiger partial charge in [0.2, 0.25) is 0 Å². The molecule has 176 valence electrons. The fraction of sp³-hybridized carbons (Fsp3) is 0.400. The molecule has 8 heteroatoms. The third-order valence-electron chi connectivity index (χ3n) is 5.67. The van der Waals surface area contributed by atoms with E-state index >= 15 is 0 Å². The number of aryl methyl sites for hydroxylation is 1. The van der Waals surface area contributed by atoms with E-state index in [9.17, 15) is 14.4 Å². The lowest BCUT2D eigenvalue weighted by atomic mass is 9.89. The number of ether oxygens (including phenoxy) is 2. The molecule has 3 N–H and O–H groups in total. The summed E-state index contributed by atoms with van der Waals surface area (Å²) in [5.74, 6) is -0.618. The van der Waals surface area contributed by atoms with Crippen LogP contribution in [-0.4, -0.2) is 47.9 Å². The zero-order valence-corrected chi connectivity index (χ0v) is 18.8. The maximum atomic E-state index is 13.4. The fourth-order valence-corrected chi connectivity index (χ4v) is 4.07. The summed E-state index contributed by atoms with van der Waals surface area (Å²) in [6.45, 7) is 3.69. The average molecular weight is 455 g/mol. The van der Waals surface area contributed by atoms with Gasteiger partial charge in [0, 0.05) is 6.42 Å². The lowest BCUT2D eigenvalue weighted by Crippen LogP contribution is -2.52. The predicted octanol–water partition coefficient (Wildman–Crippen LogP) is 3.01. The summed E-state index contributed by atoms with van der Waals surface area (Å²) in [5, 5.41) is 15.2. The predicted molar refractivity (Wildman–Crippen MR) is 122 cm³/mol. The summed E-state index contributed by atoms with van der Waals surface area (Å²) in [6.07, 6.45) is -0.793. The van der Waals surface area contributed by atoms with Gasteiger partial charge in [0.1, 0.15) is 6.04 Å². The van der Waals surface area contributed by atoms with Crippen molar-refractivity contribution in [2.75, 3.05) is 6.61 Å². The van der Waals surface area contributed by atoms with E-state index in [0.29, 0.717) is 19.3 Å². The number of nitrogens with one attached hydrogen (secondary N) is 2. The van der Waals surface area contributed by atoms with Crippen LogP contribution in [0.3, 0.4) is 0 Å². The lowest BCUT2D eigenvalue weighted by molar-refractivity contribution is -0.146. The minimum Gasteiger partial charge on any atom is -0.465 e. The molecule has 1 unspecified atom stereocenters. The van der Waals surface area contributed by atoms with Crippen molar-refractivity contribution in [2.45, 2.75) is 57.5 Å². The first kappa shape index (κ1) is 24.4. The van der Waals surface area contributed by atoms with Crippen molar-refractivity contribution in [1.82, 2.24) is 10.6 Å². The molecule has 4 atom stereocenters. The summed E-state index contributed by atoms with van der Waals surface area (Å²) in [5.41, 5.74) is 2.71. The van der Waals surface area contributed by atoms with Crippen LogP contribution in [-0.2, 0) is 31.9 Å². The van der Waals surface area contributed by atoms with Gasteiger partial charge in [-0.05, 0) is 43.4 Å². The molecule has 1 aliphatic rings. The van der Waals surface area contributed by atoms with E-state index in [1.165, 1.54) is 0 Å². The Labute approximate surface area is 193 Å². The second-order valence-corrected chi connectivity index (χ2v) is 7.99. The van der Waals surface area contributed by atoms with Crippen molar-refractivity contribution >= 4 is 17.9 Å². The molecule has 2 aromatic rings. The number of carbonyl (C=O) groups excluding carboxylic acids is 2. The first-order chi connectivity index (χ1) is 15.9. The van der Waals surface area contributed by atoms with Crippen LogP contribution in [0.2, 0.25) is 0 Å². The van der Waals surface area contributed by atoms with Gasteiger partial charge in [0.25, 0.3) is 0 Å². The highest BCUT2D eigenvalue weighted by atomic mass is 16.7. The molecule has 0 saturated carbocycles. The molecule has 0 radical (unpaired) electrons. The van der Waals surface area contributed by atoms with Gasteiger partial charge in [-0.1, -0.05) is 54.6 Å². The summed E-state index contributed by atoms with van der Waals surface area (Å²) >= 11 is 0. The lowest BCUT2D eigenvalue weighted by Gasteiger charge is -2.33. The number of rotatable bonds is 10. The first-order valence-electron chi connectivity index (χ1n) is 11.1. The van der Waals surface area contributed by atoms with Crippen molar-refractivity contribution in [3.8, 4) is 0 Å². The molecule has 33 heavy (non-hydrogen) atoms. The van der Waals surface area contributed by atoms with E-state index in [4.69, 9.17) is 14.6 Å². The number of Topliss-reactive ketones (excluding diaryl/α,β-unsaturated/α-hetero) is 1. The van der Waals surface area contributed by atoms with Crippen molar-refractivity contribution in [3.05, 3.63) is 71.3 Å². The standard InChI is InChI=1S/C25H30N2O6/c1-3-32-24(29)20(14-13-17-9-5-4-6-10-17)26-16(2)23(28)22-19-12-8-7-11-18(19)15-21(27-22)33-25(30)31/h4-12,16,20-22,26-27H,3,13-15H2,1-2H3,(H,30,31)/t16?,20-,21-,22-/m0/s1. The zero-order chi connectivity index (χ0) is 23.8. The highest BCUT2D eigenvalue weighted by molar-refractivity contribution is 5.91. The van der Waals surface area contributed by atoms with Crippen LogP contribution in [0.4, 0.5) is 4.79 Å². The van der Waals surface area contributed by atoms with Gasteiger partial charge in [0.05, 0.1) is 18.7 Å². The fourth-order valence-electron chi connectivity index (χ4n) is 4.07. The van der Waals surface area contributed by atoms with Crippen molar-refractivity contribution in [2.24, 2.45) is 0 Å². The second-order valence-electron chi connectivity index (χ2n) is 7.99. The smallest absolute Gasteiger partial charge is 0.465 e. The van der Waals surface area contributed by atoms with Crippen molar-refractivity contribution in [1.29, 1.82) is 0 Å². The minimum atomic E-state index is -1.41. The molecule has 0 saturated heterocycles. The normalized spacial score (nSPS) is 19.1. The Morgan fingerprint density at radius 2 is 1.82 bits per heavy atom. The number of carboxylic acid groups (broad SMARTS) is 1. The minimum absolute atomic E-state index is 0.213. The van der Waals surface area contributed by atoms with Gasteiger partial charge in [-0.2, -0.15) is 0 Å². The molecule has 0 amide bonds. The highest BCUT2D eigenvalue weighted by Crippen LogP contribution is 2.27. The monoisotopic (exact) mass is 454 g/mol. The van der Waals surface area contributed by atoms with Crippen LogP contribution < -0.4 is 10.6 Å². The van der Waals surface area contributed by atoms with E-state index in [1.807, 2.05) is 54.6 Å². The number of benzene rings is 2. The molecule has 8 nitrogen and oxygen atoms in total. The Kier molecular flexibility index (Phi) is 8.57. The van der Waals surface area contributed by atoms with Crippen molar-refractivity contribution < 1.29 is 29.0 Å². The number of esters is 1. The SMILES string of the molecule is CCOC(=O)[C@H](CCc1ccccc1)NC(C)C(=O)[C@H]1N[C@@H](OC(=O)O)Cc2ccccc21. The number of ketones is 1. The van der Waals surface area contributed by atoms with Crippen LogP contribution in [0.15, 0.2) is 54.6 Å². The molecule has 1 aliphatic heterocycles. The van der Waals surface area contributed by atoms with E-state index < -0.39 is 36.5 Å². The zero-order valence-electron chi connectivity index (χ0n) is 18.8. The van der Waals surface area contributed by atoms with Crippen LogP contribution in [0.5, 0.6) is 0 Å². The molecular weight excluding hydrogens is 424 g/mol. The molecule has 0 spiro atoms. The van der Waals surface area contributed by atoms with Crippen LogP contribution >= 0.6 is 0 Å². The Balaban J connectivity index is 1.73. The van der Waals surface area contributed by atoms with Crippen molar-refractivity contribution in [3.63, 3.8) is 0 Å². The molecule has 0 aromatic heterocycles. The van der Waals surface area contributed by atoms with E-state index in [0.717, 1.165) is 16.7 Å². The number of fused-ring (bicyclic) bond motifs is 1. The molecule has 0 bridgehead atoms. The molecule has 3 rings (SSSR count). The number of hydrogen-bond donors (Lipinski definition) is 3. The Hall–Kier alpha value is -3.23. The molecular formula is C25H30N2O6. The number of hydrogen-bond acceptors (Lipinski definition) is 7. The van der Waals surface area contributed by atoms with Gasteiger partial charge >= 0.3 is 12.1 Å². The van der Waals surface area contributed by atoms with Crippen LogP contribution in [0, 0.1) is 0 Å². The second kappa shape index (κ2) is 11.6. The third kappa shape index (κ3) is 6.63. The topological polar surface area (TPSA) is 114 Å². The Bertz CT molecular complexity index is 964. The summed E-state index contributed by atoms with van der Waals surface area (Å²) in [4.78, 5) is 37.0. The largest absolute Gasteiger partial charge is 0.507 e. The Morgan fingerprint density at radius 3 is 2.52 bits per heavy atom. The van der Waals surface area contributed by atoms with Gasteiger partial charge in [-0.15, -0.1) is 0 Å². The van der Waals surface area contributed by atoms with E-state index in [1.54, 1.807) is 13.8 Å². The van der Waals surface area contributed by atoms with Crippen LogP contribution in [0.1, 0.15) is 43.0 Å². The van der Waals surface area contributed by atoms with Gasteiger partial charge in [0.15, 0.2) is 12.0 Å². The maximum Gasteiger partial charge on any atom is 0.507 e. The number of carbonyl (C=O) groups is 3. The molecule has 1 heterocycles. The summed E-state index contributed by atoms with van der Waals surface area (Å²) < 4.78 is 10.1. The first-order valence-corrected chi connectivity index (χ1v) is 11.1. The molecule has 0 fully saturated rings. The molecule has 2 aromatic carbocycles. The summed E-state index contributed by atoms with van der Waals surface area (Å²) in [6, 6.07) is 15.0. The van der Waals surface area contributed by atoms with E-state index in [2.05, 4.69) is 10.6 Å². The third-order valence-corrected chi connectivity index (χ3v) is 5.67. The highest BCUT2D eigenvalue weighted by Gasteiger charge is 2.36. The Morgan fingerprint density at radius 1 is 1.12 bits per heavy atom.